The van der Waals surface area contributed by atoms with Gasteiger partial charge in [0.25, 0.3) is 0 Å². The lowest BCUT2D eigenvalue weighted by molar-refractivity contribution is -0.00399. The summed E-state index contributed by atoms with van der Waals surface area (Å²) in [6, 6.07) is 18.2. The maximum absolute atomic E-state index is 10.8. The standard InChI is InChI=1S/C30H41N3O4/c1-22(2)20-35-21-25(34)17-33(18-27-11-8-16-36-27)19-28-29(24-9-6-5-7-10-24)31-32(4)30(28)37-26-14-12-23(3)13-15-26/h5-7,9-10,12-15,22,25,27,34H,8,11,16-21H2,1-4H3/t25-,27+/m1/s1. The molecule has 1 saturated heterocycles. The highest BCUT2D eigenvalue weighted by molar-refractivity contribution is 5.65. The maximum Gasteiger partial charge on any atom is 0.222 e. The first-order chi connectivity index (χ1) is 17.9. The molecule has 0 saturated carbocycles. The fourth-order valence-corrected chi connectivity index (χ4v) is 4.66. The second-order valence-corrected chi connectivity index (χ2v) is 10.5. The van der Waals surface area contributed by atoms with Crippen LogP contribution in [0.5, 0.6) is 11.6 Å². The second-order valence-electron chi connectivity index (χ2n) is 10.5. The number of hydrogen-bond donors (Lipinski definition) is 1. The van der Waals surface area contributed by atoms with Crippen LogP contribution in [0.2, 0.25) is 0 Å². The molecule has 0 radical (unpaired) electrons. The molecule has 2 aromatic carbocycles. The number of hydrogen-bond acceptors (Lipinski definition) is 6. The van der Waals surface area contributed by atoms with Crippen molar-refractivity contribution in [2.75, 3.05) is 32.9 Å². The number of rotatable bonds is 13. The SMILES string of the molecule is Cc1ccc(Oc2c(CN(C[C@@H](O)COCC(C)C)C[C@@H]3CCCO3)c(-c3ccccc3)nn2C)cc1. The van der Waals surface area contributed by atoms with Crippen molar-refractivity contribution >= 4 is 0 Å². The molecule has 1 N–H and O–H groups in total. The lowest BCUT2D eigenvalue weighted by Gasteiger charge is -2.28. The predicted octanol–water partition coefficient (Wildman–Crippen LogP) is 5.20. The summed E-state index contributed by atoms with van der Waals surface area (Å²) < 4.78 is 19.9. The lowest BCUT2D eigenvalue weighted by atomic mass is 10.1. The van der Waals surface area contributed by atoms with Crippen LogP contribution in [0.15, 0.2) is 54.6 Å². The van der Waals surface area contributed by atoms with Crippen LogP contribution in [0, 0.1) is 12.8 Å². The van der Waals surface area contributed by atoms with E-state index in [1.807, 2.05) is 54.2 Å². The third kappa shape index (κ3) is 7.89. The number of aromatic nitrogens is 2. The van der Waals surface area contributed by atoms with Crippen LogP contribution in [-0.2, 0) is 23.1 Å². The molecule has 200 valence electrons. The largest absolute Gasteiger partial charge is 0.439 e. The molecule has 0 aliphatic carbocycles. The van der Waals surface area contributed by atoms with E-state index in [0.29, 0.717) is 38.1 Å². The monoisotopic (exact) mass is 507 g/mol. The molecule has 1 fully saturated rings. The third-order valence-corrected chi connectivity index (χ3v) is 6.47. The Morgan fingerprint density at radius 2 is 1.86 bits per heavy atom. The highest BCUT2D eigenvalue weighted by Crippen LogP contribution is 2.34. The molecule has 1 aliphatic rings. The summed E-state index contributed by atoms with van der Waals surface area (Å²) in [4.78, 5) is 2.25. The van der Waals surface area contributed by atoms with Crippen LogP contribution in [0.1, 0.15) is 37.8 Å². The van der Waals surface area contributed by atoms with Crippen LogP contribution in [0.25, 0.3) is 11.3 Å². The first-order valence-electron chi connectivity index (χ1n) is 13.3. The number of benzene rings is 2. The van der Waals surface area contributed by atoms with Gasteiger partial charge in [0.2, 0.25) is 5.88 Å². The zero-order valence-corrected chi connectivity index (χ0v) is 22.6. The Kier molecular flexibility index (Phi) is 9.75. The van der Waals surface area contributed by atoms with E-state index >= 15 is 0 Å². The first kappa shape index (κ1) is 27.3. The Bertz CT molecular complexity index is 1090. The minimum absolute atomic E-state index is 0.155. The van der Waals surface area contributed by atoms with Gasteiger partial charge in [-0.15, -0.1) is 0 Å². The van der Waals surface area contributed by atoms with Gasteiger partial charge in [0.1, 0.15) is 11.4 Å². The zero-order chi connectivity index (χ0) is 26.2. The van der Waals surface area contributed by atoms with Crippen LogP contribution >= 0.6 is 0 Å². The smallest absolute Gasteiger partial charge is 0.222 e. The van der Waals surface area contributed by atoms with Gasteiger partial charge in [0.05, 0.1) is 24.4 Å². The summed E-state index contributed by atoms with van der Waals surface area (Å²) in [6.07, 6.45) is 1.66. The molecular weight excluding hydrogens is 466 g/mol. The van der Waals surface area contributed by atoms with Crippen LogP contribution in [-0.4, -0.2) is 64.9 Å². The van der Waals surface area contributed by atoms with Crippen molar-refractivity contribution in [3.63, 3.8) is 0 Å². The maximum atomic E-state index is 10.8. The van der Waals surface area contributed by atoms with Gasteiger partial charge in [-0.1, -0.05) is 61.9 Å². The van der Waals surface area contributed by atoms with E-state index in [-0.39, 0.29) is 6.10 Å². The Morgan fingerprint density at radius 1 is 1.11 bits per heavy atom. The van der Waals surface area contributed by atoms with Gasteiger partial charge in [-0.05, 0) is 37.8 Å². The van der Waals surface area contributed by atoms with Crippen LogP contribution in [0.3, 0.4) is 0 Å². The van der Waals surface area contributed by atoms with Crippen LogP contribution < -0.4 is 4.74 Å². The highest BCUT2D eigenvalue weighted by Gasteiger charge is 2.26. The number of aryl methyl sites for hydroxylation is 2. The van der Waals surface area contributed by atoms with E-state index in [0.717, 1.165) is 48.6 Å². The Morgan fingerprint density at radius 3 is 2.54 bits per heavy atom. The first-order valence-corrected chi connectivity index (χ1v) is 13.3. The van der Waals surface area contributed by atoms with E-state index in [4.69, 9.17) is 19.3 Å². The number of aliphatic hydroxyl groups is 1. The molecular formula is C30H41N3O4. The summed E-state index contributed by atoms with van der Waals surface area (Å²) in [7, 11) is 1.92. The molecule has 2 atom stereocenters. The van der Waals surface area contributed by atoms with Gasteiger partial charge in [-0.2, -0.15) is 5.10 Å². The van der Waals surface area contributed by atoms with Crippen molar-refractivity contribution in [3.8, 4) is 22.9 Å². The highest BCUT2D eigenvalue weighted by atomic mass is 16.5. The summed E-state index contributed by atoms with van der Waals surface area (Å²) in [6.45, 7) is 9.80. The Balaban J connectivity index is 1.62. The van der Waals surface area contributed by atoms with Crippen molar-refractivity contribution in [3.05, 3.63) is 65.7 Å². The molecule has 1 aliphatic heterocycles. The molecule has 0 bridgehead atoms. The van der Waals surface area contributed by atoms with Gasteiger partial charge in [-0.3, -0.25) is 4.90 Å². The Hall–Kier alpha value is -2.71. The van der Waals surface area contributed by atoms with Gasteiger partial charge >= 0.3 is 0 Å². The third-order valence-electron chi connectivity index (χ3n) is 6.47. The van der Waals surface area contributed by atoms with E-state index in [9.17, 15) is 5.11 Å². The molecule has 4 rings (SSSR count). The van der Waals surface area contributed by atoms with Gasteiger partial charge in [0, 0.05) is 45.5 Å². The zero-order valence-electron chi connectivity index (χ0n) is 22.6. The van der Waals surface area contributed by atoms with E-state index in [1.54, 1.807) is 0 Å². The van der Waals surface area contributed by atoms with Crippen molar-refractivity contribution in [2.45, 2.75) is 52.4 Å². The normalized spacial score (nSPS) is 16.6. The van der Waals surface area contributed by atoms with E-state index in [2.05, 4.69) is 37.8 Å². The number of aliphatic hydroxyl groups excluding tert-OH is 1. The second kappa shape index (κ2) is 13.2. The number of nitrogens with zero attached hydrogens (tertiary/aromatic N) is 3. The molecule has 3 aromatic rings. The van der Waals surface area contributed by atoms with Crippen molar-refractivity contribution < 1.29 is 19.3 Å². The lowest BCUT2D eigenvalue weighted by Crippen LogP contribution is -2.39. The van der Waals surface area contributed by atoms with E-state index in [1.165, 1.54) is 5.56 Å². The van der Waals surface area contributed by atoms with E-state index < -0.39 is 6.10 Å². The fraction of sp³-hybridized carbons (Fsp3) is 0.500. The van der Waals surface area contributed by atoms with Crippen molar-refractivity contribution in [1.29, 1.82) is 0 Å². The molecule has 0 spiro atoms. The summed E-state index contributed by atoms with van der Waals surface area (Å²) in [5.41, 5.74) is 4.08. The van der Waals surface area contributed by atoms with Crippen LogP contribution in [0.4, 0.5) is 0 Å². The fourth-order valence-electron chi connectivity index (χ4n) is 4.66. The van der Waals surface area contributed by atoms with Gasteiger partial charge in [-0.25, -0.2) is 4.68 Å². The summed E-state index contributed by atoms with van der Waals surface area (Å²) >= 11 is 0. The average Bonchev–Trinajstić information content (AvgIpc) is 3.49. The summed E-state index contributed by atoms with van der Waals surface area (Å²) in [5, 5.41) is 15.7. The molecule has 1 aromatic heterocycles. The molecule has 0 amide bonds. The molecule has 7 heteroatoms. The molecule has 2 heterocycles. The molecule has 7 nitrogen and oxygen atoms in total. The summed E-state index contributed by atoms with van der Waals surface area (Å²) in [5.74, 6) is 1.90. The minimum Gasteiger partial charge on any atom is -0.439 e. The van der Waals surface area contributed by atoms with Gasteiger partial charge < -0.3 is 19.3 Å². The molecule has 37 heavy (non-hydrogen) atoms. The van der Waals surface area contributed by atoms with Gasteiger partial charge in [0.15, 0.2) is 0 Å². The predicted molar refractivity (Wildman–Crippen MR) is 146 cm³/mol. The average molecular weight is 508 g/mol. The Labute approximate surface area is 221 Å². The van der Waals surface area contributed by atoms with Crippen molar-refractivity contribution in [2.24, 2.45) is 13.0 Å². The quantitative estimate of drug-likeness (QED) is 0.343. The molecule has 0 unspecified atom stereocenters. The minimum atomic E-state index is -0.599. The number of ether oxygens (including phenoxy) is 3. The topological polar surface area (TPSA) is 69.0 Å². The van der Waals surface area contributed by atoms with Crippen molar-refractivity contribution in [1.82, 2.24) is 14.7 Å².